The second-order valence-electron chi connectivity index (χ2n) is 6.71. The van der Waals surface area contributed by atoms with Crippen molar-refractivity contribution in [1.82, 2.24) is 0 Å². The normalized spacial score (nSPS) is 30.4. The van der Waals surface area contributed by atoms with Crippen molar-refractivity contribution >= 4 is 5.78 Å². The lowest BCUT2D eigenvalue weighted by molar-refractivity contribution is -0.177. The van der Waals surface area contributed by atoms with E-state index in [1.165, 1.54) is 0 Å². The smallest absolute Gasteiger partial charge is 0.202 e. The highest BCUT2D eigenvalue weighted by Crippen LogP contribution is 2.51. The van der Waals surface area contributed by atoms with E-state index < -0.39 is 5.60 Å². The zero-order valence-electron chi connectivity index (χ0n) is 13.4. The Kier molecular flexibility index (Phi) is 3.52. The minimum absolute atomic E-state index is 0.0316. The van der Waals surface area contributed by atoms with Crippen LogP contribution in [0.2, 0.25) is 0 Å². The lowest BCUT2D eigenvalue weighted by Gasteiger charge is -2.49. The minimum atomic E-state index is -0.590. The number of allylic oxidation sites excluding steroid dienone is 1. The van der Waals surface area contributed by atoms with Gasteiger partial charge >= 0.3 is 0 Å². The Morgan fingerprint density at radius 1 is 1.27 bits per heavy atom. The number of aliphatic hydroxyl groups excluding tert-OH is 1. The number of rotatable bonds is 2. The van der Waals surface area contributed by atoms with Crippen LogP contribution in [0, 0.1) is 11.8 Å². The number of hydrogen-bond acceptors (Lipinski definition) is 4. The Bertz CT molecular complexity index is 627. The molecule has 3 rings (SSSR count). The standard InChI is InChI=1S/C18H22O4/c1-10-13-9-14(16(20)15(10)19)18(2,3)22-17(13)11-5-7-12(21-4)8-6-11/h5-8,13-14,17,19H,9H2,1-4H3/t13-,14+,17+/m0/s1. The molecule has 0 saturated carbocycles. The molecule has 0 radical (unpaired) electrons. The molecule has 0 aromatic heterocycles. The zero-order chi connectivity index (χ0) is 16.1. The van der Waals surface area contributed by atoms with Gasteiger partial charge in [0.25, 0.3) is 0 Å². The van der Waals surface area contributed by atoms with Crippen LogP contribution in [0.3, 0.4) is 0 Å². The van der Waals surface area contributed by atoms with E-state index in [9.17, 15) is 9.90 Å². The van der Waals surface area contributed by atoms with Crippen LogP contribution >= 0.6 is 0 Å². The second-order valence-corrected chi connectivity index (χ2v) is 6.71. The molecule has 1 saturated heterocycles. The van der Waals surface area contributed by atoms with E-state index in [1.807, 2.05) is 45.0 Å². The number of methoxy groups -OCH3 is 1. The van der Waals surface area contributed by atoms with Crippen molar-refractivity contribution in [2.75, 3.05) is 7.11 Å². The molecular weight excluding hydrogens is 280 g/mol. The van der Waals surface area contributed by atoms with Crippen LogP contribution in [0.1, 0.15) is 38.9 Å². The molecular formula is C18H22O4. The van der Waals surface area contributed by atoms with Gasteiger partial charge in [-0.25, -0.2) is 0 Å². The van der Waals surface area contributed by atoms with Crippen LogP contribution in [0.25, 0.3) is 0 Å². The first-order valence-electron chi connectivity index (χ1n) is 7.61. The van der Waals surface area contributed by atoms with Crippen molar-refractivity contribution < 1.29 is 19.4 Å². The summed E-state index contributed by atoms with van der Waals surface area (Å²) in [7, 11) is 1.64. The molecule has 1 aromatic carbocycles. The predicted octanol–water partition coefficient (Wildman–Crippen LogP) is 3.58. The topological polar surface area (TPSA) is 55.8 Å². The molecule has 2 bridgehead atoms. The van der Waals surface area contributed by atoms with E-state index >= 15 is 0 Å². The fourth-order valence-corrected chi connectivity index (χ4v) is 3.61. The molecule has 0 unspecified atom stereocenters. The highest BCUT2D eigenvalue weighted by molar-refractivity contribution is 5.97. The Balaban J connectivity index is 2.03. The van der Waals surface area contributed by atoms with E-state index in [-0.39, 0.29) is 29.5 Å². The molecule has 1 N–H and O–H groups in total. The minimum Gasteiger partial charge on any atom is -0.504 e. The molecule has 1 heterocycles. The van der Waals surface area contributed by atoms with E-state index in [4.69, 9.17) is 9.47 Å². The van der Waals surface area contributed by atoms with Gasteiger partial charge in [-0.3, -0.25) is 4.79 Å². The van der Waals surface area contributed by atoms with E-state index in [1.54, 1.807) is 7.11 Å². The van der Waals surface area contributed by atoms with Gasteiger partial charge in [0, 0.05) is 5.92 Å². The molecule has 22 heavy (non-hydrogen) atoms. The van der Waals surface area contributed by atoms with Crippen LogP contribution in [-0.2, 0) is 9.53 Å². The van der Waals surface area contributed by atoms with Gasteiger partial charge in [0.05, 0.1) is 24.7 Å². The molecule has 1 aromatic rings. The quantitative estimate of drug-likeness (QED) is 0.907. The van der Waals surface area contributed by atoms with Gasteiger partial charge in [-0.2, -0.15) is 0 Å². The first-order valence-corrected chi connectivity index (χ1v) is 7.61. The van der Waals surface area contributed by atoms with Gasteiger partial charge in [-0.15, -0.1) is 0 Å². The zero-order valence-corrected chi connectivity index (χ0v) is 13.4. The van der Waals surface area contributed by atoms with Gasteiger partial charge in [-0.05, 0) is 50.5 Å². The van der Waals surface area contributed by atoms with E-state index in [0.29, 0.717) is 0 Å². The highest BCUT2D eigenvalue weighted by atomic mass is 16.5. The molecule has 2 aliphatic rings. The fourth-order valence-electron chi connectivity index (χ4n) is 3.61. The average Bonchev–Trinajstić information content (AvgIpc) is 2.51. The molecule has 1 fully saturated rings. The van der Waals surface area contributed by atoms with Crippen LogP contribution in [0.5, 0.6) is 5.75 Å². The molecule has 1 aliphatic carbocycles. The number of hydrogen-bond donors (Lipinski definition) is 1. The summed E-state index contributed by atoms with van der Waals surface area (Å²) in [6.45, 7) is 5.68. The summed E-state index contributed by atoms with van der Waals surface area (Å²) in [6.07, 6.45) is 0.561. The molecule has 118 valence electrons. The fraction of sp³-hybridized carbons (Fsp3) is 0.500. The van der Waals surface area contributed by atoms with Gasteiger partial charge in [-0.1, -0.05) is 12.1 Å². The van der Waals surface area contributed by atoms with Crippen molar-refractivity contribution in [2.24, 2.45) is 11.8 Å². The second kappa shape index (κ2) is 5.13. The third-order valence-corrected chi connectivity index (χ3v) is 5.05. The number of benzene rings is 1. The van der Waals surface area contributed by atoms with Crippen molar-refractivity contribution in [3.8, 4) is 5.75 Å². The molecule has 4 nitrogen and oxygen atoms in total. The van der Waals surface area contributed by atoms with Crippen LogP contribution in [0.4, 0.5) is 0 Å². The molecule has 0 spiro atoms. The number of carbonyl (C=O) groups excluding carboxylic acids is 1. The number of aliphatic hydroxyl groups is 1. The van der Waals surface area contributed by atoms with Crippen molar-refractivity contribution in [3.63, 3.8) is 0 Å². The Morgan fingerprint density at radius 2 is 1.91 bits per heavy atom. The van der Waals surface area contributed by atoms with E-state index in [0.717, 1.165) is 23.3 Å². The maximum absolute atomic E-state index is 12.3. The summed E-state index contributed by atoms with van der Waals surface area (Å²) in [5, 5.41) is 10.2. The number of ether oxygens (including phenoxy) is 2. The maximum Gasteiger partial charge on any atom is 0.202 e. The van der Waals surface area contributed by atoms with Crippen LogP contribution in [0.15, 0.2) is 35.6 Å². The van der Waals surface area contributed by atoms with Crippen molar-refractivity contribution in [2.45, 2.75) is 38.9 Å². The summed E-state index contributed by atoms with van der Waals surface area (Å²) in [5.41, 5.74) is 1.18. The SMILES string of the molecule is COc1ccc([C@H]2OC(C)(C)[C@@H]3C[C@H]2C(C)=C(O)C3=O)cc1. The third-order valence-electron chi connectivity index (χ3n) is 5.05. The molecule has 3 atom stereocenters. The van der Waals surface area contributed by atoms with Gasteiger partial charge < -0.3 is 14.6 Å². The van der Waals surface area contributed by atoms with E-state index in [2.05, 4.69) is 0 Å². The van der Waals surface area contributed by atoms with Crippen molar-refractivity contribution in [1.29, 1.82) is 0 Å². The largest absolute Gasteiger partial charge is 0.504 e. The first-order chi connectivity index (χ1) is 10.3. The number of ketones is 1. The lowest BCUT2D eigenvalue weighted by atomic mass is 9.67. The number of carbonyl (C=O) groups is 1. The van der Waals surface area contributed by atoms with Gasteiger partial charge in [0.1, 0.15) is 5.75 Å². The predicted molar refractivity (Wildman–Crippen MR) is 82.8 cm³/mol. The maximum atomic E-state index is 12.3. The summed E-state index contributed by atoms with van der Waals surface area (Å²) in [5.74, 6) is 0.286. The average molecular weight is 302 g/mol. The monoisotopic (exact) mass is 302 g/mol. The molecule has 1 aliphatic heterocycles. The summed E-state index contributed by atoms with van der Waals surface area (Å²) in [6, 6.07) is 7.79. The third kappa shape index (κ3) is 2.22. The Morgan fingerprint density at radius 3 is 2.50 bits per heavy atom. The van der Waals surface area contributed by atoms with Crippen molar-refractivity contribution in [3.05, 3.63) is 41.2 Å². The lowest BCUT2D eigenvalue weighted by Crippen LogP contribution is -2.50. The highest BCUT2D eigenvalue weighted by Gasteiger charge is 2.51. The van der Waals surface area contributed by atoms with Crippen LogP contribution in [-0.4, -0.2) is 23.6 Å². The Hall–Kier alpha value is -1.81. The number of fused-ring (bicyclic) bond motifs is 2. The molecule has 0 amide bonds. The molecule has 4 heteroatoms. The van der Waals surface area contributed by atoms with Crippen LogP contribution < -0.4 is 4.74 Å². The summed E-state index contributed by atoms with van der Waals surface area (Å²) in [4.78, 5) is 12.3. The van der Waals surface area contributed by atoms with Gasteiger partial charge in [0.2, 0.25) is 5.78 Å². The Labute approximate surface area is 130 Å². The first kappa shape index (κ1) is 15.1. The number of Topliss-reactive ketones (excluding diaryl/α,β-unsaturated/α-hetero) is 1. The summed E-state index contributed by atoms with van der Waals surface area (Å²) >= 11 is 0. The summed E-state index contributed by atoms with van der Waals surface area (Å²) < 4.78 is 11.5. The van der Waals surface area contributed by atoms with Gasteiger partial charge in [0.15, 0.2) is 5.76 Å².